The first-order valence-corrected chi connectivity index (χ1v) is 10.4. The van der Waals surface area contributed by atoms with Crippen molar-refractivity contribution in [3.05, 3.63) is 66.2 Å². The fourth-order valence-electron chi connectivity index (χ4n) is 2.87. The van der Waals surface area contributed by atoms with Gasteiger partial charge in [-0.15, -0.1) is 21.5 Å². The lowest BCUT2D eigenvalue weighted by molar-refractivity contribution is 0.399. The van der Waals surface area contributed by atoms with Crippen LogP contribution in [0.3, 0.4) is 0 Å². The van der Waals surface area contributed by atoms with Crippen LogP contribution in [-0.4, -0.2) is 20.3 Å². The van der Waals surface area contributed by atoms with Crippen molar-refractivity contribution in [2.24, 2.45) is 0 Å². The average Bonchev–Trinajstić information content (AvgIpc) is 3.44. The number of rotatable bonds is 5. The summed E-state index contributed by atoms with van der Waals surface area (Å²) >= 11 is 3.25. The summed E-state index contributed by atoms with van der Waals surface area (Å²) in [5, 5.41) is 12.6. The molecule has 6 nitrogen and oxygen atoms in total. The quantitative estimate of drug-likeness (QED) is 0.351. The summed E-state index contributed by atoms with van der Waals surface area (Å²) < 4.78 is 13.4. The second-order valence-electron chi connectivity index (χ2n) is 6.07. The van der Waals surface area contributed by atoms with E-state index in [2.05, 4.69) is 26.4 Å². The van der Waals surface area contributed by atoms with Crippen molar-refractivity contribution in [1.82, 2.24) is 20.3 Å². The van der Waals surface area contributed by atoms with Crippen molar-refractivity contribution in [1.29, 1.82) is 0 Å². The molecule has 0 radical (unpaired) electrons. The van der Waals surface area contributed by atoms with Gasteiger partial charge in [-0.2, -0.15) is 0 Å². The minimum Gasteiger partial charge on any atom is -0.420 e. The molecule has 8 heteroatoms. The smallest absolute Gasteiger partial charge is 0.253 e. The number of hydrogen-bond acceptors (Lipinski definition) is 8. The molecule has 5 aromatic rings. The number of aryl methyl sites for hydroxylation is 1. The van der Waals surface area contributed by atoms with Crippen LogP contribution in [0.2, 0.25) is 0 Å². The fourth-order valence-corrected chi connectivity index (χ4v) is 4.77. The van der Waals surface area contributed by atoms with Crippen LogP contribution in [0.25, 0.3) is 32.9 Å². The zero-order valence-corrected chi connectivity index (χ0v) is 16.5. The molecule has 5 rings (SSSR count). The summed E-state index contributed by atoms with van der Waals surface area (Å²) in [6.07, 6.45) is 0. The summed E-state index contributed by atoms with van der Waals surface area (Å²) in [5.41, 5.74) is 3.38. The van der Waals surface area contributed by atoms with Crippen LogP contribution in [0.15, 0.2) is 67.9 Å². The summed E-state index contributed by atoms with van der Waals surface area (Å²) in [6.45, 7) is 1.84. The molecule has 3 aromatic heterocycles. The summed E-state index contributed by atoms with van der Waals surface area (Å²) in [4.78, 5) is 4.62. The Labute approximate surface area is 168 Å². The lowest BCUT2D eigenvalue weighted by atomic mass is 10.1. The molecule has 138 valence electrons. The van der Waals surface area contributed by atoms with E-state index in [4.69, 9.17) is 8.94 Å². The highest BCUT2D eigenvalue weighted by atomic mass is 32.2. The van der Waals surface area contributed by atoms with E-state index in [0.29, 0.717) is 29.0 Å². The molecule has 28 heavy (non-hydrogen) atoms. The van der Waals surface area contributed by atoms with Gasteiger partial charge in [0.05, 0.1) is 16.0 Å². The lowest BCUT2D eigenvalue weighted by Gasteiger charge is -1.98. The molecular formula is C20H14N4O2S2. The van der Waals surface area contributed by atoms with Gasteiger partial charge in [0.1, 0.15) is 17.0 Å². The summed E-state index contributed by atoms with van der Waals surface area (Å²) in [6, 6.07) is 17.9. The SMILES string of the molecule is Cc1onc(-c2ccccc2)c1-c1nnc(CSc2nc3ccccc3s2)o1. The topological polar surface area (TPSA) is 77.8 Å². The van der Waals surface area contributed by atoms with E-state index in [9.17, 15) is 0 Å². The van der Waals surface area contributed by atoms with Crippen LogP contribution in [0.1, 0.15) is 11.7 Å². The zero-order valence-electron chi connectivity index (χ0n) is 14.8. The molecule has 0 atom stereocenters. The second-order valence-corrected chi connectivity index (χ2v) is 8.32. The Balaban J connectivity index is 1.39. The third-order valence-electron chi connectivity index (χ3n) is 4.18. The molecule has 0 unspecified atom stereocenters. The normalized spacial score (nSPS) is 11.3. The van der Waals surface area contributed by atoms with Crippen molar-refractivity contribution in [2.75, 3.05) is 0 Å². The number of aromatic nitrogens is 4. The summed E-state index contributed by atoms with van der Waals surface area (Å²) in [5.74, 6) is 2.15. The van der Waals surface area contributed by atoms with Crippen molar-refractivity contribution in [3.63, 3.8) is 0 Å². The summed E-state index contributed by atoms with van der Waals surface area (Å²) in [7, 11) is 0. The van der Waals surface area contributed by atoms with Crippen molar-refractivity contribution >= 4 is 33.3 Å². The van der Waals surface area contributed by atoms with Crippen LogP contribution in [-0.2, 0) is 5.75 Å². The number of hydrogen-bond donors (Lipinski definition) is 0. The Kier molecular flexibility index (Phi) is 4.42. The van der Waals surface area contributed by atoms with E-state index in [1.54, 1.807) is 23.1 Å². The number of benzene rings is 2. The maximum absolute atomic E-state index is 5.90. The third-order valence-corrected chi connectivity index (χ3v) is 6.35. The maximum atomic E-state index is 5.90. The Hall–Kier alpha value is -2.97. The monoisotopic (exact) mass is 406 g/mol. The number of para-hydroxylation sites is 1. The molecule has 0 aliphatic rings. The van der Waals surface area contributed by atoms with Gasteiger partial charge in [-0.25, -0.2) is 4.98 Å². The van der Waals surface area contributed by atoms with Crippen molar-refractivity contribution < 1.29 is 8.94 Å². The first-order valence-electron chi connectivity index (χ1n) is 8.61. The van der Waals surface area contributed by atoms with Gasteiger partial charge in [-0.3, -0.25) is 0 Å². The highest BCUT2D eigenvalue weighted by molar-refractivity contribution is 8.00. The standard InChI is InChI=1S/C20H14N4O2S2/c1-12-17(18(24-26-12)13-7-3-2-4-8-13)19-23-22-16(25-19)11-27-20-21-14-9-5-6-10-15(14)28-20/h2-10H,11H2,1H3. The van der Waals surface area contributed by atoms with Gasteiger partial charge in [-0.05, 0) is 19.1 Å². The molecule has 2 aromatic carbocycles. The highest BCUT2D eigenvalue weighted by Gasteiger charge is 2.22. The Morgan fingerprint density at radius 2 is 1.82 bits per heavy atom. The van der Waals surface area contributed by atoms with E-state index >= 15 is 0 Å². The Morgan fingerprint density at radius 3 is 2.68 bits per heavy atom. The van der Waals surface area contributed by atoms with Gasteiger partial charge < -0.3 is 8.94 Å². The molecule has 0 saturated heterocycles. The number of fused-ring (bicyclic) bond motifs is 1. The predicted octanol–water partition coefficient (Wildman–Crippen LogP) is 5.60. The number of nitrogens with zero attached hydrogens (tertiary/aromatic N) is 4. The van der Waals surface area contributed by atoms with E-state index in [1.165, 1.54) is 4.70 Å². The van der Waals surface area contributed by atoms with E-state index in [-0.39, 0.29) is 0 Å². The van der Waals surface area contributed by atoms with Crippen LogP contribution >= 0.6 is 23.1 Å². The van der Waals surface area contributed by atoms with E-state index < -0.39 is 0 Å². The average molecular weight is 406 g/mol. The van der Waals surface area contributed by atoms with Crippen LogP contribution < -0.4 is 0 Å². The predicted molar refractivity (Wildman–Crippen MR) is 109 cm³/mol. The molecular weight excluding hydrogens is 392 g/mol. The molecule has 0 fully saturated rings. The number of thioether (sulfide) groups is 1. The van der Waals surface area contributed by atoms with Crippen LogP contribution in [0, 0.1) is 6.92 Å². The van der Waals surface area contributed by atoms with Crippen molar-refractivity contribution in [2.45, 2.75) is 17.0 Å². The number of thiazole rings is 1. The van der Waals surface area contributed by atoms with Gasteiger partial charge in [0.2, 0.25) is 5.89 Å². The molecule has 0 aliphatic heterocycles. The van der Waals surface area contributed by atoms with Gasteiger partial charge in [0, 0.05) is 5.56 Å². The van der Waals surface area contributed by atoms with Gasteiger partial charge in [0.25, 0.3) is 5.89 Å². The molecule has 0 N–H and O–H groups in total. The Bertz CT molecular complexity index is 1210. The molecule has 0 saturated carbocycles. The minimum absolute atomic E-state index is 0.414. The van der Waals surface area contributed by atoms with Gasteiger partial charge in [-0.1, -0.05) is 59.4 Å². The first-order chi connectivity index (χ1) is 13.8. The van der Waals surface area contributed by atoms with Crippen molar-refractivity contribution in [3.8, 4) is 22.7 Å². The molecule has 0 amide bonds. The van der Waals surface area contributed by atoms with E-state index in [1.807, 2.05) is 55.5 Å². The lowest BCUT2D eigenvalue weighted by Crippen LogP contribution is -1.84. The first kappa shape index (κ1) is 17.2. The third kappa shape index (κ3) is 3.21. The molecule has 0 bridgehead atoms. The minimum atomic E-state index is 0.414. The second kappa shape index (κ2) is 7.21. The zero-order chi connectivity index (χ0) is 18.9. The van der Waals surface area contributed by atoms with Crippen LogP contribution in [0.5, 0.6) is 0 Å². The highest BCUT2D eigenvalue weighted by Crippen LogP contribution is 2.35. The van der Waals surface area contributed by atoms with Gasteiger partial charge >= 0.3 is 0 Å². The van der Waals surface area contributed by atoms with Crippen LogP contribution in [0.4, 0.5) is 0 Å². The largest absolute Gasteiger partial charge is 0.420 e. The fraction of sp³-hybridized carbons (Fsp3) is 0.100. The Morgan fingerprint density at radius 1 is 1.00 bits per heavy atom. The van der Waals surface area contributed by atoms with Gasteiger partial charge in [0.15, 0.2) is 4.34 Å². The molecule has 3 heterocycles. The molecule has 0 spiro atoms. The van der Waals surface area contributed by atoms with E-state index in [0.717, 1.165) is 21.0 Å². The molecule has 0 aliphatic carbocycles. The maximum Gasteiger partial charge on any atom is 0.253 e.